The first kappa shape index (κ1) is 24.3. The van der Waals surface area contributed by atoms with Crippen molar-refractivity contribution in [1.82, 2.24) is 4.90 Å². The molecule has 0 amide bonds. The Morgan fingerprint density at radius 2 is 1.27 bits per heavy atom. The second-order valence-electron chi connectivity index (χ2n) is 7.88. The average Bonchev–Trinajstić information content (AvgIpc) is 2.84. The van der Waals surface area contributed by atoms with E-state index in [-0.39, 0.29) is 5.97 Å². The Labute approximate surface area is 197 Å². The molecule has 0 radical (unpaired) electrons. The Morgan fingerprint density at radius 1 is 0.727 bits per heavy atom. The van der Waals surface area contributed by atoms with Crippen molar-refractivity contribution in [2.75, 3.05) is 26.2 Å². The van der Waals surface area contributed by atoms with Crippen molar-refractivity contribution in [1.29, 1.82) is 0 Å². The Morgan fingerprint density at radius 3 is 1.79 bits per heavy atom. The number of carbonyl (C=O) groups excluding carboxylic acids is 1. The fourth-order valence-corrected chi connectivity index (χ4v) is 3.84. The summed E-state index contributed by atoms with van der Waals surface area (Å²) < 4.78 is 11.2. The van der Waals surface area contributed by atoms with E-state index < -0.39 is 0 Å². The number of likely N-dealkylation sites (N-methyl/N-ethyl adjacent to an activating group) is 1. The molecule has 3 rings (SSSR count). The highest BCUT2D eigenvalue weighted by Gasteiger charge is 2.12. The lowest BCUT2D eigenvalue weighted by atomic mass is 9.90. The maximum absolute atomic E-state index is 11.3. The molecule has 3 aromatic carbocycles. The fraction of sp³-hybridized carbons (Fsp3) is 0.276. The lowest BCUT2D eigenvalue weighted by molar-refractivity contribution is -0.131. The first-order chi connectivity index (χ1) is 16.0. The van der Waals surface area contributed by atoms with Gasteiger partial charge in [-0.25, -0.2) is 0 Å². The van der Waals surface area contributed by atoms with Crippen LogP contribution < -0.4 is 9.47 Å². The smallest absolute Gasteiger partial charge is 0.308 e. The van der Waals surface area contributed by atoms with Crippen molar-refractivity contribution in [3.63, 3.8) is 0 Å². The molecular formula is C29H33NO3. The van der Waals surface area contributed by atoms with Gasteiger partial charge in [-0.05, 0) is 72.1 Å². The predicted octanol–water partition coefficient (Wildman–Crippen LogP) is 6.31. The highest BCUT2D eigenvalue weighted by Crippen LogP contribution is 2.33. The van der Waals surface area contributed by atoms with Crippen molar-refractivity contribution in [2.45, 2.75) is 27.7 Å². The second-order valence-corrected chi connectivity index (χ2v) is 7.88. The summed E-state index contributed by atoms with van der Waals surface area (Å²) in [5.74, 6) is 1.09. The highest BCUT2D eigenvalue weighted by molar-refractivity contribution is 5.98. The predicted molar refractivity (Wildman–Crippen MR) is 136 cm³/mol. The Balaban J connectivity index is 1.89. The molecule has 0 atom stereocenters. The summed E-state index contributed by atoms with van der Waals surface area (Å²) in [6, 6.07) is 26.3. The molecule has 0 aliphatic rings. The molecule has 0 N–H and O–H groups in total. The minimum Gasteiger partial charge on any atom is -0.492 e. The molecule has 0 spiro atoms. The van der Waals surface area contributed by atoms with Crippen molar-refractivity contribution in [3.05, 3.63) is 95.6 Å². The van der Waals surface area contributed by atoms with Crippen molar-refractivity contribution >= 4 is 17.1 Å². The van der Waals surface area contributed by atoms with Crippen LogP contribution in [0.15, 0.2) is 78.9 Å². The van der Waals surface area contributed by atoms with Crippen molar-refractivity contribution in [2.24, 2.45) is 0 Å². The number of carbonyl (C=O) groups is 1. The Kier molecular flexibility index (Phi) is 8.85. The van der Waals surface area contributed by atoms with Gasteiger partial charge in [0.2, 0.25) is 0 Å². The van der Waals surface area contributed by atoms with E-state index >= 15 is 0 Å². The van der Waals surface area contributed by atoms with Crippen LogP contribution in [-0.2, 0) is 4.79 Å². The zero-order valence-electron chi connectivity index (χ0n) is 20.0. The van der Waals surface area contributed by atoms with Crippen LogP contribution in [0, 0.1) is 0 Å². The number of rotatable bonds is 10. The zero-order chi connectivity index (χ0) is 23.6. The highest BCUT2D eigenvalue weighted by atomic mass is 16.5. The van der Waals surface area contributed by atoms with Crippen LogP contribution in [0.3, 0.4) is 0 Å². The van der Waals surface area contributed by atoms with E-state index in [1.165, 1.54) is 12.5 Å². The van der Waals surface area contributed by atoms with Crippen molar-refractivity contribution in [3.8, 4) is 11.5 Å². The normalized spacial score (nSPS) is 11.8. The third-order valence-corrected chi connectivity index (χ3v) is 5.70. The van der Waals surface area contributed by atoms with Gasteiger partial charge in [0.15, 0.2) is 0 Å². The molecule has 0 aliphatic heterocycles. The van der Waals surface area contributed by atoms with Crippen LogP contribution in [0.5, 0.6) is 11.5 Å². The molecule has 33 heavy (non-hydrogen) atoms. The third-order valence-electron chi connectivity index (χ3n) is 5.70. The molecule has 4 nitrogen and oxygen atoms in total. The second kappa shape index (κ2) is 12.0. The Bertz CT molecular complexity index is 1050. The monoisotopic (exact) mass is 443 g/mol. The molecule has 0 heterocycles. The van der Waals surface area contributed by atoms with Crippen LogP contribution >= 0.6 is 0 Å². The Hall–Kier alpha value is -3.37. The van der Waals surface area contributed by atoms with Crippen LogP contribution in [-0.4, -0.2) is 37.1 Å². The van der Waals surface area contributed by atoms with Gasteiger partial charge in [0.05, 0.1) is 0 Å². The number of hydrogen-bond acceptors (Lipinski definition) is 4. The van der Waals surface area contributed by atoms with E-state index in [0.29, 0.717) is 12.4 Å². The van der Waals surface area contributed by atoms with Gasteiger partial charge in [0, 0.05) is 13.5 Å². The van der Waals surface area contributed by atoms with E-state index in [2.05, 4.69) is 49.9 Å². The van der Waals surface area contributed by atoms with Crippen LogP contribution in [0.2, 0.25) is 0 Å². The quantitative estimate of drug-likeness (QED) is 0.209. The van der Waals surface area contributed by atoms with Gasteiger partial charge >= 0.3 is 5.97 Å². The maximum Gasteiger partial charge on any atom is 0.308 e. The standard InChI is InChI=1S/C29H33NO3/c1-5-30(6-2)20-21-32-27-16-12-25(13-17-27)29(22(3)24-10-8-7-9-11-24)26-14-18-28(19-15-26)33-23(4)31/h7-19H,5-6,20-21H2,1-4H3/b29-22+. The number of esters is 1. The maximum atomic E-state index is 11.3. The van der Waals surface area contributed by atoms with Gasteiger partial charge in [-0.15, -0.1) is 0 Å². The summed E-state index contributed by atoms with van der Waals surface area (Å²) in [6.45, 7) is 11.5. The van der Waals surface area contributed by atoms with E-state index in [0.717, 1.165) is 47.6 Å². The van der Waals surface area contributed by atoms with Gasteiger partial charge in [-0.3, -0.25) is 4.79 Å². The molecule has 4 heteroatoms. The van der Waals surface area contributed by atoms with E-state index in [1.807, 2.05) is 54.6 Å². The van der Waals surface area contributed by atoms with E-state index in [9.17, 15) is 4.79 Å². The summed E-state index contributed by atoms with van der Waals surface area (Å²) in [5.41, 5.74) is 5.63. The third kappa shape index (κ3) is 6.80. The molecule has 0 saturated carbocycles. The largest absolute Gasteiger partial charge is 0.492 e. The number of nitrogens with zero attached hydrogens (tertiary/aromatic N) is 1. The summed E-state index contributed by atoms with van der Waals surface area (Å²) in [6.07, 6.45) is 0. The first-order valence-electron chi connectivity index (χ1n) is 11.5. The van der Waals surface area contributed by atoms with Crippen molar-refractivity contribution < 1.29 is 14.3 Å². The van der Waals surface area contributed by atoms with Gasteiger partial charge in [-0.2, -0.15) is 0 Å². The SMILES string of the molecule is CCN(CC)CCOc1ccc(/C(=C(/C)c2ccccc2)c2ccc(OC(C)=O)cc2)cc1. The first-order valence-corrected chi connectivity index (χ1v) is 11.5. The fourth-order valence-electron chi connectivity index (χ4n) is 3.84. The van der Waals surface area contributed by atoms with Gasteiger partial charge in [0.25, 0.3) is 0 Å². The summed E-state index contributed by atoms with van der Waals surface area (Å²) >= 11 is 0. The topological polar surface area (TPSA) is 38.8 Å². The van der Waals surface area contributed by atoms with Gasteiger partial charge < -0.3 is 14.4 Å². The summed E-state index contributed by atoms with van der Waals surface area (Å²) in [4.78, 5) is 13.6. The lowest BCUT2D eigenvalue weighted by Gasteiger charge is -2.18. The molecule has 0 unspecified atom stereocenters. The molecular weight excluding hydrogens is 410 g/mol. The van der Waals surface area contributed by atoms with E-state index in [4.69, 9.17) is 9.47 Å². The number of allylic oxidation sites excluding steroid dienone is 1. The molecule has 0 aromatic heterocycles. The number of hydrogen-bond donors (Lipinski definition) is 0. The van der Waals surface area contributed by atoms with Gasteiger partial charge in [-0.1, -0.05) is 68.4 Å². The van der Waals surface area contributed by atoms with Crippen LogP contribution in [0.1, 0.15) is 44.4 Å². The van der Waals surface area contributed by atoms with Gasteiger partial charge in [0.1, 0.15) is 18.1 Å². The minimum absolute atomic E-state index is 0.324. The van der Waals surface area contributed by atoms with Crippen LogP contribution in [0.25, 0.3) is 11.1 Å². The summed E-state index contributed by atoms with van der Waals surface area (Å²) in [5, 5.41) is 0. The molecule has 172 valence electrons. The average molecular weight is 444 g/mol. The number of benzene rings is 3. The molecule has 0 fully saturated rings. The molecule has 0 bridgehead atoms. The number of ether oxygens (including phenoxy) is 2. The van der Waals surface area contributed by atoms with E-state index in [1.54, 1.807) is 0 Å². The molecule has 0 aliphatic carbocycles. The molecule has 3 aromatic rings. The lowest BCUT2D eigenvalue weighted by Crippen LogP contribution is -2.27. The summed E-state index contributed by atoms with van der Waals surface area (Å²) in [7, 11) is 0. The zero-order valence-corrected chi connectivity index (χ0v) is 20.0. The van der Waals surface area contributed by atoms with Crippen LogP contribution in [0.4, 0.5) is 0 Å². The minimum atomic E-state index is -0.324. The molecule has 0 saturated heterocycles.